The van der Waals surface area contributed by atoms with E-state index in [0.29, 0.717) is 55.0 Å². The Morgan fingerprint density at radius 2 is 1.83 bits per heavy atom. The third kappa shape index (κ3) is 4.74. The number of amides is 1. The van der Waals surface area contributed by atoms with Gasteiger partial charge >= 0.3 is 11.7 Å². The van der Waals surface area contributed by atoms with Crippen LogP contribution in [0.4, 0.5) is 5.82 Å². The quantitative estimate of drug-likeness (QED) is 0.539. The van der Waals surface area contributed by atoms with Crippen molar-refractivity contribution in [2.75, 3.05) is 24.6 Å². The van der Waals surface area contributed by atoms with Gasteiger partial charge in [0.2, 0.25) is 11.6 Å². The third-order valence-electron chi connectivity index (χ3n) is 7.07. The summed E-state index contributed by atoms with van der Waals surface area (Å²) in [5.41, 5.74) is 1.39. The van der Waals surface area contributed by atoms with E-state index in [1.165, 1.54) is 11.1 Å². The van der Waals surface area contributed by atoms with Crippen molar-refractivity contribution in [2.24, 2.45) is 5.92 Å². The minimum atomic E-state index is -0.361. The van der Waals surface area contributed by atoms with Gasteiger partial charge < -0.3 is 15.0 Å². The van der Waals surface area contributed by atoms with Gasteiger partial charge in [0.05, 0.1) is 23.6 Å². The number of hydrogen-bond acceptors (Lipinski definition) is 7. The standard InChI is InChI=1S/C25H32N6O4/c1-2-35-24(33)17-12-14-29(15-13-17)22-23-28-30(16-21(32)26-18-8-4-3-5-9-18)25(34)31(23)20-11-7-6-10-19(20)27-22/h6-7,10-11,17-18H,2-5,8-9,12-16H2,1H3,(H,26,32). The second-order valence-corrected chi connectivity index (χ2v) is 9.44. The van der Waals surface area contributed by atoms with Gasteiger partial charge in [-0.15, -0.1) is 5.10 Å². The van der Waals surface area contributed by atoms with Crippen LogP contribution in [0.25, 0.3) is 16.7 Å². The molecule has 0 bridgehead atoms. The molecule has 35 heavy (non-hydrogen) atoms. The van der Waals surface area contributed by atoms with Crippen LogP contribution >= 0.6 is 0 Å². The maximum absolute atomic E-state index is 13.4. The first kappa shape index (κ1) is 23.3. The molecule has 1 aliphatic heterocycles. The van der Waals surface area contributed by atoms with Gasteiger partial charge in [-0.2, -0.15) is 0 Å². The van der Waals surface area contributed by atoms with E-state index >= 15 is 0 Å². The first-order valence-electron chi connectivity index (χ1n) is 12.6. The van der Waals surface area contributed by atoms with Crippen molar-refractivity contribution in [3.63, 3.8) is 0 Å². The number of anilines is 1. The van der Waals surface area contributed by atoms with E-state index in [0.717, 1.165) is 25.7 Å². The highest BCUT2D eigenvalue weighted by molar-refractivity contribution is 5.83. The first-order chi connectivity index (χ1) is 17.0. The summed E-state index contributed by atoms with van der Waals surface area (Å²) in [6.07, 6.45) is 6.69. The SMILES string of the molecule is CCOC(=O)C1CCN(c2nc3ccccc3n3c(=O)n(CC(=O)NC4CCCCC4)nc23)CC1. The average Bonchev–Trinajstić information content (AvgIpc) is 3.20. The summed E-state index contributed by atoms with van der Waals surface area (Å²) in [6, 6.07) is 7.60. The summed E-state index contributed by atoms with van der Waals surface area (Å²) >= 11 is 0. The molecule has 0 radical (unpaired) electrons. The van der Waals surface area contributed by atoms with Gasteiger partial charge in [-0.1, -0.05) is 31.4 Å². The zero-order valence-electron chi connectivity index (χ0n) is 20.1. The highest BCUT2D eigenvalue weighted by Crippen LogP contribution is 2.27. The minimum Gasteiger partial charge on any atom is -0.466 e. The van der Waals surface area contributed by atoms with Crippen LogP contribution in [0.3, 0.4) is 0 Å². The fourth-order valence-electron chi connectivity index (χ4n) is 5.24. The molecule has 5 rings (SSSR count). The van der Waals surface area contributed by atoms with Crippen molar-refractivity contribution in [3.8, 4) is 0 Å². The van der Waals surface area contributed by atoms with E-state index in [2.05, 4.69) is 15.3 Å². The summed E-state index contributed by atoms with van der Waals surface area (Å²) in [7, 11) is 0. The Kier molecular flexibility index (Phi) is 6.70. The summed E-state index contributed by atoms with van der Waals surface area (Å²) in [4.78, 5) is 45.2. The number of hydrogen-bond donors (Lipinski definition) is 1. The summed E-state index contributed by atoms with van der Waals surface area (Å²) in [5.74, 6) is 0.102. The summed E-state index contributed by atoms with van der Waals surface area (Å²) in [5, 5.41) is 7.63. The highest BCUT2D eigenvalue weighted by atomic mass is 16.5. The number of esters is 1. The fraction of sp³-hybridized carbons (Fsp3) is 0.560. The molecule has 10 nitrogen and oxygen atoms in total. The zero-order valence-corrected chi connectivity index (χ0v) is 20.1. The third-order valence-corrected chi connectivity index (χ3v) is 7.07. The summed E-state index contributed by atoms with van der Waals surface area (Å²) in [6.45, 7) is 3.27. The molecule has 1 N–H and O–H groups in total. The lowest BCUT2D eigenvalue weighted by atomic mass is 9.95. The van der Waals surface area contributed by atoms with Crippen LogP contribution in [0.2, 0.25) is 0 Å². The van der Waals surface area contributed by atoms with Crippen LogP contribution in [-0.2, 0) is 20.9 Å². The van der Waals surface area contributed by atoms with E-state index in [4.69, 9.17) is 9.72 Å². The van der Waals surface area contributed by atoms with Crippen LogP contribution in [0.1, 0.15) is 51.9 Å². The number of nitrogens with zero attached hydrogens (tertiary/aromatic N) is 5. The van der Waals surface area contributed by atoms with Crippen LogP contribution in [-0.4, -0.2) is 56.8 Å². The Hall–Kier alpha value is -3.43. The van der Waals surface area contributed by atoms with Gasteiger partial charge in [0.25, 0.3) is 0 Å². The van der Waals surface area contributed by atoms with E-state index < -0.39 is 0 Å². The number of para-hydroxylation sites is 2. The Labute approximate surface area is 203 Å². The normalized spacial score (nSPS) is 17.7. The Morgan fingerprint density at radius 3 is 2.57 bits per heavy atom. The molecular weight excluding hydrogens is 448 g/mol. The molecule has 1 aliphatic carbocycles. The topological polar surface area (TPSA) is 111 Å². The average molecular weight is 481 g/mol. The fourth-order valence-corrected chi connectivity index (χ4v) is 5.24. The molecular formula is C25H32N6O4. The number of nitrogens with one attached hydrogen (secondary N) is 1. The van der Waals surface area contributed by atoms with Gasteiger partial charge in [-0.25, -0.2) is 18.9 Å². The lowest BCUT2D eigenvalue weighted by Gasteiger charge is -2.31. The van der Waals surface area contributed by atoms with Crippen LogP contribution < -0.4 is 15.9 Å². The predicted molar refractivity (Wildman–Crippen MR) is 131 cm³/mol. The van der Waals surface area contributed by atoms with Gasteiger partial charge in [-0.3, -0.25) is 9.59 Å². The second kappa shape index (κ2) is 10.1. The molecule has 1 saturated carbocycles. The maximum Gasteiger partial charge on any atom is 0.351 e. The first-order valence-corrected chi connectivity index (χ1v) is 12.6. The number of benzene rings is 1. The van der Waals surface area contributed by atoms with Crippen molar-refractivity contribution in [1.82, 2.24) is 24.5 Å². The van der Waals surface area contributed by atoms with Crippen molar-refractivity contribution < 1.29 is 14.3 Å². The molecule has 1 aromatic carbocycles. The van der Waals surface area contributed by atoms with E-state index in [1.54, 1.807) is 4.40 Å². The van der Waals surface area contributed by atoms with Crippen molar-refractivity contribution in [1.29, 1.82) is 0 Å². The molecule has 0 spiro atoms. The Balaban J connectivity index is 1.45. The lowest BCUT2D eigenvalue weighted by molar-refractivity contribution is -0.148. The molecule has 0 atom stereocenters. The largest absolute Gasteiger partial charge is 0.466 e. The number of ether oxygens (including phenoxy) is 1. The van der Waals surface area contributed by atoms with Crippen LogP contribution in [0.15, 0.2) is 29.1 Å². The molecule has 3 aromatic rings. The number of carbonyl (C=O) groups is 2. The highest BCUT2D eigenvalue weighted by Gasteiger charge is 2.29. The molecule has 1 saturated heterocycles. The molecule has 10 heteroatoms. The molecule has 186 valence electrons. The van der Waals surface area contributed by atoms with Gasteiger partial charge in [0.1, 0.15) is 6.54 Å². The number of carbonyl (C=O) groups excluding carboxylic acids is 2. The second-order valence-electron chi connectivity index (χ2n) is 9.44. The Bertz CT molecular complexity index is 1280. The molecule has 0 unspecified atom stereocenters. The van der Waals surface area contributed by atoms with E-state index in [1.807, 2.05) is 31.2 Å². The van der Waals surface area contributed by atoms with Crippen LogP contribution in [0, 0.1) is 5.92 Å². The van der Waals surface area contributed by atoms with E-state index in [-0.39, 0.29) is 36.1 Å². The molecule has 3 heterocycles. The van der Waals surface area contributed by atoms with Crippen molar-refractivity contribution in [2.45, 2.75) is 64.5 Å². The van der Waals surface area contributed by atoms with Crippen LogP contribution in [0.5, 0.6) is 0 Å². The lowest BCUT2D eigenvalue weighted by Crippen LogP contribution is -2.40. The minimum absolute atomic E-state index is 0.129. The van der Waals surface area contributed by atoms with Gasteiger partial charge in [-0.05, 0) is 44.7 Å². The summed E-state index contributed by atoms with van der Waals surface area (Å²) < 4.78 is 7.97. The van der Waals surface area contributed by atoms with E-state index in [9.17, 15) is 14.4 Å². The number of piperidine rings is 1. The zero-order chi connectivity index (χ0) is 24.4. The molecule has 1 amide bonds. The molecule has 2 aliphatic rings. The maximum atomic E-state index is 13.4. The Morgan fingerprint density at radius 1 is 1.09 bits per heavy atom. The monoisotopic (exact) mass is 480 g/mol. The van der Waals surface area contributed by atoms with Gasteiger partial charge in [0.15, 0.2) is 5.82 Å². The van der Waals surface area contributed by atoms with Crippen molar-refractivity contribution in [3.05, 3.63) is 34.7 Å². The van der Waals surface area contributed by atoms with Gasteiger partial charge in [0, 0.05) is 19.1 Å². The number of rotatable bonds is 6. The predicted octanol–water partition coefficient (Wildman–Crippen LogP) is 2.27. The van der Waals surface area contributed by atoms with Crippen molar-refractivity contribution >= 4 is 34.4 Å². The smallest absolute Gasteiger partial charge is 0.351 e. The molecule has 2 fully saturated rings. The number of fused-ring (bicyclic) bond motifs is 3. The number of aromatic nitrogens is 4. The molecule has 2 aromatic heterocycles.